The predicted molar refractivity (Wildman–Crippen MR) is 73.7 cm³/mol. The van der Waals surface area contributed by atoms with Crippen LogP contribution in [0.15, 0.2) is 20.3 Å². The van der Waals surface area contributed by atoms with Crippen LogP contribution in [0.4, 0.5) is 4.39 Å². The Balaban J connectivity index is 2.37. The Morgan fingerprint density at radius 1 is 1.57 bits per heavy atom. The van der Waals surface area contributed by atoms with Crippen LogP contribution in [-0.2, 0) is 14.3 Å². The Labute approximate surface area is 127 Å². The van der Waals surface area contributed by atoms with Crippen LogP contribution < -0.4 is 11.2 Å². The molecule has 0 aliphatic carbocycles. The molecule has 0 aromatic carbocycles. The van der Waals surface area contributed by atoms with Gasteiger partial charge in [0.15, 0.2) is 18.5 Å². The SMILES string of the molecule is CC[C@H]1O[C@@H](n2cc(Br)c(=O)[nH]c2=O)C(F)[C@H]1OC(C)=O. The molecule has 1 fully saturated rings. The summed E-state index contributed by atoms with van der Waals surface area (Å²) in [4.78, 5) is 36.2. The predicted octanol–water partition coefficient (Wildman–Crippen LogP) is 0.876. The van der Waals surface area contributed by atoms with Gasteiger partial charge in [0.1, 0.15) is 6.10 Å². The number of rotatable bonds is 3. The molecule has 0 amide bonds. The molecule has 1 aliphatic rings. The maximum atomic E-state index is 14.5. The molecular weight excluding hydrogens is 351 g/mol. The molecule has 21 heavy (non-hydrogen) atoms. The summed E-state index contributed by atoms with van der Waals surface area (Å²) in [5, 5.41) is 0. The van der Waals surface area contributed by atoms with Crippen molar-refractivity contribution in [3.63, 3.8) is 0 Å². The van der Waals surface area contributed by atoms with Crippen molar-refractivity contribution in [3.05, 3.63) is 31.5 Å². The first kappa shape index (κ1) is 15.9. The number of halogens is 2. The van der Waals surface area contributed by atoms with Crippen molar-refractivity contribution in [1.29, 1.82) is 0 Å². The number of nitrogens with zero attached hydrogens (tertiary/aromatic N) is 1. The van der Waals surface area contributed by atoms with Crippen LogP contribution in [0.25, 0.3) is 0 Å². The maximum Gasteiger partial charge on any atom is 0.330 e. The number of alkyl halides is 1. The van der Waals surface area contributed by atoms with Crippen molar-refractivity contribution in [1.82, 2.24) is 9.55 Å². The van der Waals surface area contributed by atoms with E-state index in [1.165, 1.54) is 6.92 Å². The van der Waals surface area contributed by atoms with Crippen LogP contribution in [0.5, 0.6) is 0 Å². The summed E-state index contributed by atoms with van der Waals surface area (Å²) in [6.45, 7) is 2.93. The van der Waals surface area contributed by atoms with Crippen molar-refractivity contribution in [2.75, 3.05) is 0 Å². The van der Waals surface area contributed by atoms with Gasteiger partial charge in [0, 0.05) is 13.1 Å². The summed E-state index contributed by atoms with van der Waals surface area (Å²) in [7, 11) is 0. The summed E-state index contributed by atoms with van der Waals surface area (Å²) in [5.74, 6) is -0.625. The lowest BCUT2D eigenvalue weighted by Crippen LogP contribution is -2.37. The lowest BCUT2D eigenvalue weighted by molar-refractivity contribution is -0.151. The molecule has 7 nitrogen and oxygen atoms in total. The van der Waals surface area contributed by atoms with E-state index in [-0.39, 0.29) is 4.47 Å². The van der Waals surface area contributed by atoms with Gasteiger partial charge in [-0.15, -0.1) is 0 Å². The molecule has 2 heterocycles. The molecule has 1 N–H and O–H groups in total. The second-order valence-corrected chi connectivity index (χ2v) is 5.49. The van der Waals surface area contributed by atoms with E-state index in [0.29, 0.717) is 6.42 Å². The van der Waals surface area contributed by atoms with E-state index in [1.807, 2.05) is 4.98 Å². The maximum absolute atomic E-state index is 14.5. The lowest BCUT2D eigenvalue weighted by atomic mass is 10.1. The summed E-state index contributed by atoms with van der Waals surface area (Å²) in [6, 6.07) is 0. The summed E-state index contributed by atoms with van der Waals surface area (Å²) in [6.07, 6.45) is -3.16. The third-order valence-electron chi connectivity index (χ3n) is 3.17. The second kappa shape index (κ2) is 6.10. The van der Waals surface area contributed by atoms with E-state index in [2.05, 4.69) is 15.9 Å². The Kier molecular flexibility index (Phi) is 4.62. The Hall–Kier alpha value is -1.48. The molecule has 9 heteroatoms. The van der Waals surface area contributed by atoms with Gasteiger partial charge in [0.2, 0.25) is 0 Å². The topological polar surface area (TPSA) is 90.4 Å². The van der Waals surface area contributed by atoms with E-state index in [1.54, 1.807) is 6.92 Å². The number of carbonyl (C=O) groups excluding carboxylic acids is 1. The number of H-pyrrole nitrogens is 1. The van der Waals surface area contributed by atoms with Gasteiger partial charge in [-0.25, -0.2) is 9.18 Å². The average molecular weight is 365 g/mol. The van der Waals surface area contributed by atoms with Crippen LogP contribution in [0.2, 0.25) is 0 Å². The molecule has 1 aliphatic heterocycles. The van der Waals surface area contributed by atoms with Crippen molar-refractivity contribution < 1.29 is 18.7 Å². The van der Waals surface area contributed by atoms with Gasteiger partial charge < -0.3 is 9.47 Å². The van der Waals surface area contributed by atoms with Gasteiger partial charge in [-0.1, -0.05) is 6.92 Å². The molecule has 0 saturated carbocycles. The third-order valence-corrected chi connectivity index (χ3v) is 3.73. The molecule has 116 valence electrons. The zero-order chi connectivity index (χ0) is 15.7. The van der Waals surface area contributed by atoms with E-state index in [9.17, 15) is 18.8 Å². The Morgan fingerprint density at radius 3 is 2.81 bits per heavy atom. The van der Waals surface area contributed by atoms with E-state index >= 15 is 0 Å². The number of nitrogens with one attached hydrogen (secondary N) is 1. The molecule has 0 spiro atoms. The van der Waals surface area contributed by atoms with Crippen molar-refractivity contribution >= 4 is 21.9 Å². The van der Waals surface area contributed by atoms with Crippen LogP contribution in [0, 0.1) is 0 Å². The first-order valence-electron chi connectivity index (χ1n) is 6.32. The van der Waals surface area contributed by atoms with Crippen LogP contribution >= 0.6 is 15.9 Å². The number of esters is 1. The van der Waals surface area contributed by atoms with Gasteiger partial charge in [-0.2, -0.15) is 0 Å². The lowest BCUT2D eigenvalue weighted by Gasteiger charge is -2.17. The van der Waals surface area contributed by atoms with Crippen molar-refractivity contribution in [2.24, 2.45) is 0 Å². The Bertz CT molecular complexity index is 658. The fourth-order valence-corrected chi connectivity index (χ4v) is 2.55. The standard InChI is InChI=1S/C12H14BrFN2O5/c1-3-7-9(20-5(2)17)8(14)11(21-7)16-4-6(13)10(18)15-12(16)19/h4,7-9,11H,3H2,1-2H3,(H,15,18,19)/t7-,8?,9+,11-/m1/s1. The van der Waals surface area contributed by atoms with Crippen molar-refractivity contribution in [2.45, 2.75) is 44.9 Å². The van der Waals surface area contributed by atoms with E-state index < -0.39 is 41.8 Å². The van der Waals surface area contributed by atoms with Crippen molar-refractivity contribution in [3.8, 4) is 0 Å². The number of ether oxygens (including phenoxy) is 2. The van der Waals surface area contributed by atoms with E-state index in [0.717, 1.165) is 10.8 Å². The molecule has 1 unspecified atom stereocenters. The molecule has 1 aromatic rings. The molecule has 0 radical (unpaired) electrons. The number of hydrogen-bond donors (Lipinski definition) is 1. The van der Waals surface area contributed by atoms with Gasteiger partial charge in [0.25, 0.3) is 5.56 Å². The first-order valence-corrected chi connectivity index (χ1v) is 7.12. The molecule has 1 aromatic heterocycles. The average Bonchev–Trinajstić information content (AvgIpc) is 2.71. The van der Waals surface area contributed by atoms with E-state index in [4.69, 9.17) is 9.47 Å². The molecular formula is C12H14BrFN2O5. The Morgan fingerprint density at radius 2 is 2.24 bits per heavy atom. The molecule has 4 atom stereocenters. The highest BCUT2D eigenvalue weighted by Gasteiger charge is 2.47. The molecule has 2 rings (SSSR count). The fourth-order valence-electron chi connectivity index (χ4n) is 2.23. The minimum Gasteiger partial charge on any atom is -0.456 e. The fraction of sp³-hybridized carbons (Fsp3) is 0.583. The van der Waals surface area contributed by atoms with Gasteiger partial charge >= 0.3 is 11.7 Å². The van der Waals surface area contributed by atoms with Gasteiger partial charge in [-0.05, 0) is 22.4 Å². The summed E-state index contributed by atoms with van der Waals surface area (Å²) < 4.78 is 25.9. The minimum absolute atomic E-state index is 0.0712. The normalized spacial score (nSPS) is 28.6. The summed E-state index contributed by atoms with van der Waals surface area (Å²) in [5.41, 5.74) is -1.41. The number of carbonyl (C=O) groups is 1. The first-order chi connectivity index (χ1) is 9.85. The number of aromatic amines is 1. The number of hydrogen-bond acceptors (Lipinski definition) is 5. The number of aromatic nitrogens is 2. The van der Waals surface area contributed by atoms with Crippen LogP contribution in [0.3, 0.4) is 0 Å². The third kappa shape index (κ3) is 3.08. The smallest absolute Gasteiger partial charge is 0.330 e. The second-order valence-electron chi connectivity index (χ2n) is 4.64. The largest absolute Gasteiger partial charge is 0.456 e. The minimum atomic E-state index is -1.71. The molecule has 1 saturated heterocycles. The quantitative estimate of drug-likeness (QED) is 0.803. The van der Waals surface area contributed by atoms with Crippen LogP contribution in [0.1, 0.15) is 26.5 Å². The summed E-state index contributed by atoms with van der Waals surface area (Å²) >= 11 is 2.97. The highest BCUT2D eigenvalue weighted by molar-refractivity contribution is 9.10. The van der Waals surface area contributed by atoms with Gasteiger partial charge in [-0.3, -0.25) is 19.1 Å². The molecule has 0 bridgehead atoms. The zero-order valence-electron chi connectivity index (χ0n) is 11.3. The highest BCUT2D eigenvalue weighted by atomic mass is 79.9. The van der Waals surface area contributed by atoms with Crippen LogP contribution in [-0.4, -0.2) is 33.9 Å². The highest BCUT2D eigenvalue weighted by Crippen LogP contribution is 2.34. The van der Waals surface area contributed by atoms with Gasteiger partial charge in [0.05, 0.1) is 4.47 Å². The monoisotopic (exact) mass is 364 g/mol. The zero-order valence-corrected chi connectivity index (χ0v) is 12.9.